The van der Waals surface area contributed by atoms with Crippen molar-refractivity contribution >= 4 is 11.8 Å². The third-order valence-electron chi connectivity index (χ3n) is 3.82. The molecule has 0 bridgehead atoms. The lowest BCUT2D eigenvalue weighted by Gasteiger charge is -2.27. The van der Waals surface area contributed by atoms with E-state index >= 15 is 0 Å². The Morgan fingerprint density at radius 3 is 2.14 bits per heavy atom. The van der Waals surface area contributed by atoms with E-state index in [1.807, 2.05) is 0 Å². The molecule has 1 heterocycles. The molecule has 1 aromatic carbocycles. The van der Waals surface area contributed by atoms with Gasteiger partial charge < -0.3 is 5.11 Å². The van der Waals surface area contributed by atoms with Crippen LogP contribution in [-0.4, -0.2) is 59.0 Å². The Bertz CT molecular complexity index is 493. The highest BCUT2D eigenvalue weighted by Gasteiger charge is 2.34. The maximum atomic E-state index is 12.3. The van der Waals surface area contributed by atoms with Crippen LogP contribution < -0.4 is 0 Å². The normalized spacial score (nSPS) is 14.4. The molecule has 1 N–H and O–H groups in total. The summed E-state index contributed by atoms with van der Waals surface area (Å²) in [7, 11) is 0. The van der Waals surface area contributed by atoms with E-state index in [1.54, 1.807) is 24.3 Å². The van der Waals surface area contributed by atoms with Crippen LogP contribution in [0, 0.1) is 0 Å². The largest absolute Gasteiger partial charge is 0.396 e. The van der Waals surface area contributed by atoms with Gasteiger partial charge in [0.1, 0.15) is 0 Å². The molecule has 5 nitrogen and oxygen atoms in total. The molecule has 1 aliphatic heterocycles. The van der Waals surface area contributed by atoms with E-state index in [2.05, 4.69) is 18.7 Å². The summed E-state index contributed by atoms with van der Waals surface area (Å²) in [5, 5.41) is 8.93. The second-order valence-electron chi connectivity index (χ2n) is 5.51. The molecule has 0 aliphatic carbocycles. The van der Waals surface area contributed by atoms with Crippen molar-refractivity contribution in [2.75, 3.05) is 26.2 Å². The van der Waals surface area contributed by atoms with E-state index in [1.165, 1.54) is 4.90 Å². The molecule has 0 saturated carbocycles. The summed E-state index contributed by atoms with van der Waals surface area (Å²) in [6.07, 6.45) is 0.695. The van der Waals surface area contributed by atoms with Gasteiger partial charge in [0.15, 0.2) is 0 Å². The Morgan fingerprint density at radius 2 is 1.67 bits per heavy atom. The lowest BCUT2D eigenvalue weighted by molar-refractivity contribution is 0.0625. The van der Waals surface area contributed by atoms with Gasteiger partial charge >= 0.3 is 0 Å². The topological polar surface area (TPSA) is 60.9 Å². The SMILES string of the molecule is CC(C)N(CCCO)CCN1C(=O)c2ccccc2C1=O. The second-order valence-corrected chi connectivity index (χ2v) is 5.51. The van der Waals surface area contributed by atoms with Crippen molar-refractivity contribution in [3.63, 3.8) is 0 Å². The van der Waals surface area contributed by atoms with Gasteiger partial charge in [-0.1, -0.05) is 12.1 Å². The fourth-order valence-electron chi connectivity index (χ4n) is 2.57. The maximum Gasteiger partial charge on any atom is 0.261 e. The molecular weight excluding hydrogens is 268 g/mol. The summed E-state index contributed by atoms with van der Waals surface area (Å²) in [6.45, 7) is 6.06. The quantitative estimate of drug-likeness (QED) is 0.771. The van der Waals surface area contributed by atoms with Crippen LogP contribution in [-0.2, 0) is 0 Å². The number of imide groups is 1. The first kappa shape index (κ1) is 15.7. The molecule has 1 aliphatic rings. The van der Waals surface area contributed by atoms with Crippen LogP contribution in [0.25, 0.3) is 0 Å². The third kappa shape index (κ3) is 3.31. The van der Waals surface area contributed by atoms with Crippen LogP contribution in [0.15, 0.2) is 24.3 Å². The summed E-state index contributed by atoms with van der Waals surface area (Å²) in [5.41, 5.74) is 0.989. The molecule has 1 aromatic rings. The zero-order chi connectivity index (χ0) is 15.4. The lowest BCUT2D eigenvalue weighted by atomic mass is 10.1. The van der Waals surface area contributed by atoms with Crippen LogP contribution >= 0.6 is 0 Å². The highest BCUT2D eigenvalue weighted by Crippen LogP contribution is 2.22. The van der Waals surface area contributed by atoms with Gasteiger partial charge in [0.2, 0.25) is 0 Å². The molecule has 0 saturated heterocycles. The number of fused-ring (bicyclic) bond motifs is 1. The van der Waals surface area contributed by atoms with Crippen molar-refractivity contribution in [3.8, 4) is 0 Å². The number of hydrogen-bond donors (Lipinski definition) is 1. The molecule has 114 valence electrons. The summed E-state index contributed by atoms with van der Waals surface area (Å²) < 4.78 is 0. The number of rotatable bonds is 7. The van der Waals surface area contributed by atoms with Gasteiger partial charge in [-0.25, -0.2) is 0 Å². The molecule has 21 heavy (non-hydrogen) atoms. The number of aliphatic hydroxyl groups is 1. The molecule has 0 fully saturated rings. The van der Waals surface area contributed by atoms with Crippen LogP contribution in [0.4, 0.5) is 0 Å². The number of benzene rings is 1. The summed E-state index contributed by atoms with van der Waals surface area (Å²) in [5.74, 6) is -0.414. The minimum Gasteiger partial charge on any atom is -0.396 e. The zero-order valence-electron chi connectivity index (χ0n) is 12.6. The number of carbonyl (C=O) groups excluding carboxylic acids is 2. The first-order valence-electron chi connectivity index (χ1n) is 7.36. The van der Waals surface area contributed by atoms with Crippen molar-refractivity contribution in [1.82, 2.24) is 9.80 Å². The molecule has 0 radical (unpaired) electrons. The van der Waals surface area contributed by atoms with E-state index in [0.29, 0.717) is 36.7 Å². The summed E-state index contributed by atoms with van der Waals surface area (Å²) in [6, 6.07) is 7.25. The fraction of sp³-hybridized carbons (Fsp3) is 0.500. The van der Waals surface area contributed by atoms with Gasteiger partial charge in [-0.15, -0.1) is 0 Å². The van der Waals surface area contributed by atoms with Crippen molar-refractivity contribution in [2.45, 2.75) is 26.3 Å². The third-order valence-corrected chi connectivity index (χ3v) is 3.82. The van der Waals surface area contributed by atoms with Crippen LogP contribution in [0.5, 0.6) is 0 Å². The van der Waals surface area contributed by atoms with Gasteiger partial charge in [-0.3, -0.25) is 19.4 Å². The number of nitrogens with zero attached hydrogens (tertiary/aromatic N) is 2. The van der Waals surface area contributed by atoms with Crippen molar-refractivity contribution in [2.24, 2.45) is 0 Å². The molecule has 2 amide bonds. The Hall–Kier alpha value is -1.72. The molecule has 2 rings (SSSR count). The highest BCUT2D eigenvalue weighted by atomic mass is 16.3. The average Bonchev–Trinajstić information content (AvgIpc) is 2.72. The highest BCUT2D eigenvalue weighted by molar-refractivity contribution is 6.21. The summed E-state index contributed by atoms with van der Waals surface area (Å²) >= 11 is 0. The molecule has 5 heteroatoms. The molecule has 0 unspecified atom stereocenters. The summed E-state index contributed by atoms with van der Waals surface area (Å²) in [4.78, 5) is 28.0. The Kier molecular flexibility index (Phi) is 5.09. The standard InChI is InChI=1S/C16H22N2O3/c1-12(2)17(8-5-11-19)9-10-18-15(20)13-6-3-4-7-14(13)16(18)21/h3-4,6-7,12,19H,5,8-11H2,1-2H3. The van der Waals surface area contributed by atoms with Gasteiger partial charge in [0.05, 0.1) is 11.1 Å². The van der Waals surface area contributed by atoms with E-state index in [-0.39, 0.29) is 18.4 Å². The van der Waals surface area contributed by atoms with Gasteiger partial charge in [0, 0.05) is 32.3 Å². The van der Waals surface area contributed by atoms with E-state index in [9.17, 15) is 9.59 Å². The smallest absolute Gasteiger partial charge is 0.261 e. The first-order chi connectivity index (χ1) is 10.1. The molecule has 0 aromatic heterocycles. The molecular formula is C16H22N2O3. The van der Waals surface area contributed by atoms with Crippen LogP contribution in [0.3, 0.4) is 0 Å². The van der Waals surface area contributed by atoms with Crippen molar-refractivity contribution < 1.29 is 14.7 Å². The fourth-order valence-corrected chi connectivity index (χ4v) is 2.57. The number of hydrogen-bond acceptors (Lipinski definition) is 4. The first-order valence-corrected chi connectivity index (χ1v) is 7.36. The van der Waals surface area contributed by atoms with Crippen molar-refractivity contribution in [1.29, 1.82) is 0 Å². The lowest BCUT2D eigenvalue weighted by Crippen LogP contribution is -2.41. The average molecular weight is 290 g/mol. The van der Waals surface area contributed by atoms with Crippen LogP contribution in [0.1, 0.15) is 41.0 Å². The molecule has 0 spiro atoms. The number of carbonyl (C=O) groups is 2. The zero-order valence-corrected chi connectivity index (χ0v) is 12.6. The maximum absolute atomic E-state index is 12.3. The van der Waals surface area contributed by atoms with Gasteiger partial charge in [0.25, 0.3) is 11.8 Å². The second kappa shape index (κ2) is 6.83. The minimum atomic E-state index is -0.207. The van der Waals surface area contributed by atoms with E-state index < -0.39 is 0 Å². The monoisotopic (exact) mass is 290 g/mol. The van der Waals surface area contributed by atoms with Gasteiger partial charge in [-0.2, -0.15) is 0 Å². The Labute approximate surface area is 125 Å². The minimum absolute atomic E-state index is 0.149. The van der Waals surface area contributed by atoms with E-state index in [4.69, 9.17) is 5.11 Å². The van der Waals surface area contributed by atoms with E-state index in [0.717, 1.165) is 6.54 Å². The van der Waals surface area contributed by atoms with Crippen molar-refractivity contribution in [3.05, 3.63) is 35.4 Å². The molecule has 0 atom stereocenters. The predicted molar refractivity (Wildman–Crippen MR) is 80.2 cm³/mol. The van der Waals surface area contributed by atoms with Crippen LogP contribution in [0.2, 0.25) is 0 Å². The number of aliphatic hydroxyl groups excluding tert-OH is 1. The number of amides is 2. The van der Waals surface area contributed by atoms with Gasteiger partial charge in [-0.05, 0) is 32.4 Å². The Balaban J connectivity index is 2.01. The Morgan fingerprint density at radius 1 is 1.10 bits per heavy atom. The predicted octanol–water partition coefficient (Wildman–Crippen LogP) is 1.38.